The van der Waals surface area contributed by atoms with Crippen LogP contribution < -0.4 is 19.3 Å². The zero-order valence-corrected chi connectivity index (χ0v) is 29.2. The van der Waals surface area contributed by atoms with Crippen molar-refractivity contribution < 1.29 is 19.1 Å². The molecule has 4 aromatic rings. The number of methoxy groups -OCH3 is 1. The van der Waals surface area contributed by atoms with Crippen LogP contribution in [-0.2, 0) is 16.2 Å². The zero-order chi connectivity index (χ0) is 31.7. The SMILES string of the molecule is COc1cc(/C=C2/C(=O)N(c3ccccc3)C(=S)N(c3ccc(C)c(C)c3)C2=O)c(Br)c(Br)c1OCc1ccc(Cl)c(Cl)c1. The van der Waals surface area contributed by atoms with Gasteiger partial charge in [-0.05, 0) is 129 Å². The summed E-state index contributed by atoms with van der Waals surface area (Å²) in [6.45, 7) is 4.13. The fourth-order valence-corrected chi connectivity index (χ4v) is 6.21. The molecule has 1 aliphatic heterocycles. The van der Waals surface area contributed by atoms with Gasteiger partial charge in [-0.25, -0.2) is 0 Å². The summed E-state index contributed by atoms with van der Waals surface area (Å²) < 4.78 is 12.8. The number of aryl methyl sites for hydroxylation is 2. The Bertz CT molecular complexity index is 1850. The molecule has 1 fully saturated rings. The van der Waals surface area contributed by atoms with E-state index in [1.165, 1.54) is 23.0 Å². The number of hydrogen-bond acceptors (Lipinski definition) is 5. The van der Waals surface area contributed by atoms with Crippen LogP contribution in [0, 0.1) is 13.8 Å². The second-order valence-electron chi connectivity index (χ2n) is 9.89. The maximum Gasteiger partial charge on any atom is 0.270 e. The second kappa shape index (κ2) is 13.4. The third-order valence-corrected chi connectivity index (χ3v) is 10.3. The number of hydrogen-bond donors (Lipinski definition) is 0. The Kier molecular flexibility index (Phi) is 9.82. The molecule has 224 valence electrons. The van der Waals surface area contributed by atoms with Gasteiger partial charge in [-0.1, -0.05) is 53.5 Å². The number of ether oxygens (including phenoxy) is 2. The van der Waals surface area contributed by atoms with Gasteiger partial charge in [0.25, 0.3) is 11.8 Å². The van der Waals surface area contributed by atoms with Crippen LogP contribution in [-0.4, -0.2) is 24.0 Å². The molecule has 0 radical (unpaired) electrons. The normalized spacial score (nSPS) is 14.4. The van der Waals surface area contributed by atoms with Crippen LogP contribution in [0.2, 0.25) is 10.0 Å². The highest BCUT2D eigenvalue weighted by Gasteiger charge is 2.41. The molecule has 0 unspecified atom stereocenters. The van der Waals surface area contributed by atoms with Crippen molar-refractivity contribution in [2.75, 3.05) is 16.9 Å². The van der Waals surface area contributed by atoms with E-state index < -0.39 is 11.8 Å². The van der Waals surface area contributed by atoms with Gasteiger partial charge in [-0.2, -0.15) is 0 Å². The highest BCUT2D eigenvalue weighted by atomic mass is 79.9. The average molecular weight is 775 g/mol. The van der Waals surface area contributed by atoms with Crippen molar-refractivity contribution in [1.82, 2.24) is 0 Å². The zero-order valence-electron chi connectivity index (χ0n) is 23.7. The summed E-state index contributed by atoms with van der Waals surface area (Å²) in [5.41, 5.74) is 4.38. The van der Waals surface area contributed by atoms with Crippen molar-refractivity contribution in [1.29, 1.82) is 0 Å². The van der Waals surface area contributed by atoms with Crippen molar-refractivity contribution in [3.8, 4) is 11.5 Å². The Labute approximate surface area is 287 Å². The lowest BCUT2D eigenvalue weighted by atomic mass is 10.0. The molecule has 1 heterocycles. The quantitative estimate of drug-likeness (QED) is 0.106. The smallest absolute Gasteiger partial charge is 0.270 e. The van der Waals surface area contributed by atoms with Crippen molar-refractivity contribution in [3.05, 3.63) is 120 Å². The first-order chi connectivity index (χ1) is 21.0. The summed E-state index contributed by atoms with van der Waals surface area (Å²) in [6.07, 6.45) is 1.52. The van der Waals surface area contributed by atoms with Gasteiger partial charge >= 0.3 is 0 Å². The van der Waals surface area contributed by atoms with Crippen LogP contribution in [0.3, 0.4) is 0 Å². The number of para-hydroxylation sites is 1. The Morgan fingerprint density at radius 3 is 2.14 bits per heavy atom. The molecule has 0 N–H and O–H groups in total. The Morgan fingerprint density at radius 2 is 1.50 bits per heavy atom. The van der Waals surface area contributed by atoms with Crippen molar-refractivity contribution in [3.63, 3.8) is 0 Å². The summed E-state index contributed by atoms with van der Waals surface area (Å²) in [5.74, 6) is -0.299. The van der Waals surface area contributed by atoms with Gasteiger partial charge < -0.3 is 9.47 Å². The van der Waals surface area contributed by atoms with E-state index in [1.807, 2.05) is 44.2 Å². The number of benzene rings is 4. The molecule has 5 rings (SSSR count). The second-order valence-corrected chi connectivity index (χ2v) is 12.7. The molecule has 1 aliphatic rings. The van der Waals surface area contributed by atoms with E-state index in [1.54, 1.807) is 42.5 Å². The number of thiocarbonyl (C=S) groups is 1. The number of amides is 2. The maximum absolute atomic E-state index is 14.1. The third-order valence-electron chi connectivity index (χ3n) is 7.06. The largest absolute Gasteiger partial charge is 0.493 e. The first kappa shape index (κ1) is 32.2. The van der Waals surface area contributed by atoms with Crippen LogP contribution in [0.5, 0.6) is 11.5 Å². The van der Waals surface area contributed by atoms with Crippen molar-refractivity contribution in [2.45, 2.75) is 20.5 Å². The summed E-state index contributed by atoms with van der Waals surface area (Å²) in [6, 6.07) is 21.5. The monoisotopic (exact) mass is 772 g/mol. The van der Waals surface area contributed by atoms with Gasteiger partial charge in [0.05, 0.1) is 33.0 Å². The molecular formula is C33H24Br2Cl2N2O4S. The predicted octanol–water partition coefficient (Wildman–Crippen LogP) is 9.47. The lowest BCUT2D eigenvalue weighted by molar-refractivity contribution is -0.120. The molecule has 0 atom stereocenters. The minimum Gasteiger partial charge on any atom is -0.493 e. The van der Waals surface area contributed by atoms with Crippen LogP contribution >= 0.6 is 67.3 Å². The average Bonchev–Trinajstić information content (AvgIpc) is 3.00. The molecule has 0 bridgehead atoms. The molecule has 1 saturated heterocycles. The van der Waals surface area contributed by atoms with E-state index in [-0.39, 0.29) is 17.3 Å². The Morgan fingerprint density at radius 1 is 0.818 bits per heavy atom. The summed E-state index contributed by atoms with van der Waals surface area (Å²) in [5, 5.41) is 0.932. The standard InChI is InChI=1S/C33H24Br2Cl2N2O4S/c1-18-9-11-23(13-19(18)2)39-32(41)24(31(40)38(33(39)44)22-7-5-4-6-8-22)15-21-16-27(42-3)30(29(35)28(21)34)43-17-20-10-12-25(36)26(37)14-20/h4-16H,17H2,1-3H3/b24-15-. The summed E-state index contributed by atoms with van der Waals surface area (Å²) >= 11 is 25.2. The molecule has 2 amide bonds. The Balaban J connectivity index is 1.59. The highest BCUT2D eigenvalue weighted by molar-refractivity contribution is 9.13. The lowest BCUT2D eigenvalue weighted by Gasteiger charge is -2.36. The predicted molar refractivity (Wildman–Crippen MR) is 187 cm³/mol. The summed E-state index contributed by atoms with van der Waals surface area (Å²) in [4.78, 5) is 30.8. The van der Waals surface area contributed by atoms with E-state index in [0.29, 0.717) is 47.4 Å². The van der Waals surface area contributed by atoms with Gasteiger partial charge in [-0.3, -0.25) is 19.4 Å². The molecule has 0 aliphatic carbocycles. The molecule has 11 heteroatoms. The van der Waals surface area contributed by atoms with Crippen LogP contribution in [0.1, 0.15) is 22.3 Å². The minimum atomic E-state index is -0.548. The molecule has 0 spiro atoms. The van der Waals surface area contributed by atoms with E-state index in [0.717, 1.165) is 16.7 Å². The number of nitrogens with zero attached hydrogens (tertiary/aromatic N) is 2. The highest BCUT2D eigenvalue weighted by Crippen LogP contribution is 2.44. The molecule has 0 aromatic heterocycles. The molecule has 6 nitrogen and oxygen atoms in total. The third kappa shape index (κ3) is 6.30. The van der Waals surface area contributed by atoms with Crippen LogP contribution in [0.4, 0.5) is 11.4 Å². The number of carbonyl (C=O) groups excluding carboxylic acids is 2. The lowest BCUT2D eigenvalue weighted by Crippen LogP contribution is -2.57. The first-order valence-electron chi connectivity index (χ1n) is 13.2. The maximum atomic E-state index is 14.1. The minimum absolute atomic E-state index is 0.0653. The van der Waals surface area contributed by atoms with E-state index in [9.17, 15) is 9.59 Å². The van der Waals surface area contributed by atoms with Gasteiger partial charge in [0.1, 0.15) is 12.2 Å². The van der Waals surface area contributed by atoms with Gasteiger partial charge in [0, 0.05) is 4.47 Å². The molecule has 44 heavy (non-hydrogen) atoms. The molecule has 0 saturated carbocycles. The van der Waals surface area contributed by atoms with E-state index in [4.69, 9.17) is 44.9 Å². The fourth-order valence-electron chi connectivity index (χ4n) is 4.56. The number of carbonyl (C=O) groups is 2. The van der Waals surface area contributed by atoms with Gasteiger partial charge in [-0.15, -0.1) is 0 Å². The molecule has 4 aromatic carbocycles. The molecular weight excluding hydrogens is 751 g/mol. The van der Waals surface area contributed by atoms with E-state index in [2.05, 4.69) is 31.9 Å². The number of halogens is 4. The van der Waals surface area contributed by atoms with Crippen molar-refractivity contribution in [2.24, 2.45) is 0 Å². The topological polar surface area (TPSA) is 59.1 Å². The van der Waals surface area contributed by atoms with Crippen LogP contribution in [0.25, 0.3) is 6.08 Å². The number of rotatable bonds is 7. The summed E-state index contributed by atoms with van der Waals surface area (Å²) in [7, 11) is 1.51. The van der Waals surface area contributed by atoms with Gasteiger partial charge in [0.2, 0.25) is 0 Å². The fraction of sp³-hybridized carbons (Fsp3) is 0.121. The van der Waals surface area contributed by atoms with E-state index >= 15 is 0 Å². The number of anilines is 2. The van der Waals surface area contributed by atoms with Crippen molar-refractivity contribution >= 4 is 102 Å². The Hall–Kier alpha value is -3.21. The van der Waals surface area contributed by atoms with Gasteiger partial charge in [0.15, 0.2) is 16.6 Å². The van der Waals surface area contributed by atoms with Crippen LogP contribution in [0.15, 0.2) is 87.3 Å². The first-order valence-corrected chi connectivity index (χ1v) is 16.0.